The molecule has 96 valence electrons. The fourth-order valence-corrected chi connectivity index (χ4v) is 3.46. The van der Waals surface area contributed by atoms with Gasteiger partial charge in [-0.05, 0) is 31.4 Å². The van der Waals surface area contributed by atoms with Crippen LogP contribution in [0, 0.1) is 11.3 Å². The fraction of sp³-hybridized carbons (Fsp3) is 0.429. The van der Waals surface area contributed by atoms with Crippen LogP contribution >= 0.6 is 0 Å². The van der Waals surface area contributed by atoms with Gasteiger partial charge >= 0.3 is 0 Å². The lowest BCUT2D eigenvalue weighted by atomic mass is 9.95. The summed E-state index contributed by atoms with van der Waals surface area (Å²) in [7, 11) is 0. The SMILES string of the molecule is N#Cc1cccc2c1nc(N)n2C1CC2CCC1O2. The molecule has 0 spiro atoms. The molecular formula is C14H14N4O. The lowest BCUT2D eigenvalue weighted by molar-refractivity contribution is 0.0945. The largest absolute Gasteiger partial charge is 0.373 e. The van der Waals surface area contributed by atoms with Crippen molar-refractivity contribution in [2.45, 2.75) is 37.5 Å². The van der Waals surface area contributed by atoms with Gasteiger partial charge in [0.25, 0.3) is 0 Å². The highest BCUT2D eigenvalue weighted by Crippen LogP contribution is 2.43. The zero-order valence-corrected chi connectivity index (χ0v) is 10.4. The molecule has 0 amide bonds. The van der Waals surface area contributed by atoms with Gasteiger partial charge in [0.1, 0.15) is 11.6 Å². The number of nitrogens with zero attached hydrogens (tertiary/aromatic N) is 3. The van der Waals surface area contributed by atoms with Gasteiger partial charge in [-0.3, -0.25) is 0 Å². The van der Waals surface area contributed by atoms with Crippen molar-refractivity contribution in [1.29, 1.82) is 5.26 Å². The normalized spacial score (nSPS) is 28.9. The molecule has 0 aliphatic carbocycles. The Morgan fingerprint density at radius 3 is 3.00 bits per heavy atom. The summed E-state index contributed by atoms with van der Waals surface area (Å²) < 4.78 is 7.96. The molecule has 2 N–H and O–H groups in total. The van der Waals surface area contributed by atoms with E-state index in [0.29, 0.717) is 23.1 Å². The topological polar surface area (TPSA) is 76.9 Å². The van der Waals surface area contributed by atoms with Crippen LogP contribution in [0.25, 0.3) is 11.0 Å². The van der Waals surface area contributed by atoms with Crippen molar-refractivity contribution in [2.75, 3.05) is 5.73 Å². The monoisotopic (exact) mass is 254 g/mol. The number of hydrogen-bond donors (Lipinski definition) is 1. The van der Waals surface area contributed by atoms with Gasteiger partial charge in [0, 0.05) is 0 Å². The Morgan fingerprint density at radius 2 is 2.32 bits per heavy atom. The van der Waals surface area contributed by atoms with Gasteiger partial charge in [-0.25, -0.2) is 4.98 Å². The maximum atomic E-state index is 9.14. The van der Waals surface area contributed by atoms with Crippen LogP contribution in [0.5, 0.6) is 0 Å². The zero-order chi connectivity index (χ0) is 13.0. The third kappa shape index (κ3) is 1.41. The molecule has 3 atom stereocenters. The van der Waals surface area contributed by atoms with E-state index in [1.807, 2.05) is 12.1 Å². The highest BCUT2D eigenvalue weighted by atomic mass is 16.5. The predicted molar refractivity (Wildman–Crippen MR) is 70.4 cm³/mol. The maximum Gasteiger partial charge on any atom is 0.201 e. The Kier molecular flexibility index (Phi) is 2.12. The Balaban J connectivity index is 1.91. The minimum atomic E-state index is 0.246. The van der Waals surface area contributed by atoms with Crippen LogP contribution in [0.2, 0.25) is 0 Å². The van der Waals surface area contributed by atoms with Gasteiger partial charge in [0.15, 0.2) is 0 Å². The number of rotatable bonds is 1. The lowest BCUT2D eigenvalue weighted by Crippen LogP contribution is -2.22. The Labute approximate surface area is 110 Å². The van der Waals surface area contributed by atoms with Crippen LogP contribution in [0.1, 0.15) is 30.9 Å². The van der Waals surface area contributed by atoms with E-state index in [0.717, 1.165) is 24.8 Å². The van der Waals surface area contributed by atoms with Crippen LogP contribution in [-0.4, -0.2) is 21.8 Å². The second kappa shape index (κ2) is 3.72. The second-order valence-corrected chi connectivity index (χ2v) is 5.30. The van der Waals surface area contributed by atoms with Crippen molar-refractivity contribution in [3.63, 3.8) is 0 Å². The van der Waals surface area contributed by atoms with E-state index in [2.05, 4.69) is 15.6 Å². The van der Waals surface area contributed by atoms with Crippen LogP contribution in [0.15, 0.2) is 18.2 Å². The number of aromatic nitrogens is 2. The molecule has 2 aliphatic heterocycles. The number of benzene rings is 1. The Bertz CT molecular complexity index is 699. The first-order valence-electron chi connectivity index (χ1n) is 6.60. The lowest BCUT2D eigenvalue weighted by Gasteiger charge is -2.21. The summed E-state index contributed by atoms with van der Waals surface area (Å²) in [6.07, 6.45) is 3.85. The van der Waals surface area contributed by atoms with E-state index >= 15 is 0 Å². The zero-order valence-electron chi connectivity index (χ0n) is 10.4. The number of ether oxygens (including phenoxy) is 1. The van der Waals surface area contributed by atoms with E-state index in [1.54, 1.807) is 6.07 Å². The summed E-state index contributed by atoms with van der Waals surface area (Å²) in [5.41, 5.74) is 8.29. The number of nitriles is 1. The number of anilines is 1. The average molecular weight is 254 g/mol. The molecule has 19 heavy (non-hydrogen) atoms. The Hall–Kier alpha value is -2.06. The summed E-state index contributed by atoms with van der Waals surface area (Å²) in [6, 6.07) is 8.07. The van der Waals surface area contributed by atoms with E-state index in [9.17, 15) is 0 Å². The first kappa shape index (κ1) is 10.8. The van der Waals surface area contributed by atoms with Gasteiger partial charge in [0.2, 0.25) is 5.95 Å². The number of fused-ring (bicyclic) bond motifs is 3. The molecule has 2 saturated heterocycles. The molecule has 4 rings (SSSR count). The smallest absolute Gasteiger partial charge is 0.201 e. The van der Waals surface area contributed by atoms with Gasteiger partial charge < -0.3 is 15.0 Å². The standard InChI is InChI=1S/C14H14N4O/c15-7-8-2-1-3-10-13(8)17-14(16)18(10)11-6-9-4-5-12(11)19-9/h1-3,9,11-12H,4-6H2,(H2,16,17). The quantitative estimate of drug-likeness (QED) is 0.844. The van der Waals surface area contributed by atoms with Gasteiger partial charge in [-0.1, -0.05) is 6.07 Å². The summed E-state index contributed by atoms with van der Waals surface area (Å²) >= 11 is 0. The minimum Gasteiger partial charge on any atom is -0.373 e. The number of hydrogen-bond acceptors (Lipinski definition) is 4. The molecule has 2 fully saturated rings. The molecule has 0 radical (unpaired) electrons. The highest BCUT2D eigenvalue weighted by molar-refractivity contribution is 5.84. The summed E-state index contributed by atoms with van der Waals surface area (Å²) in [4.78, 5) is 4.37. The fourth-order valence-electron chi connectivity index (χ4n) is 3.46. The van der Waals surface area contributed by atoms with Crippen molar-refractivity contribution in [2.24, 2.45) is 0 Å². The molecule has 2 bridgehead atoms. The maximum absolute atomic E-state index is 9.14. The van der Waals surface area contributed by atoms with E-state index in [1.165, 1.54) is 0 Å². The third-order valence-electron chi connectivity index (χ3n) is 4.27. The van der Waals surface area contributed by atoms with Crippen LogP contribution < -0.4 is 5.73 Å². The number of para-hydroxylation sites is 1. The molecule has 3 unspecified atom stereocenters. The van der Waals surface area contributed by atoms with Crippen LogP contribution in [0.4, 0.5) is 5.95 Å². The van der Waals surface area contributed by atoms with Crippen LogP contribution in [0.3, 0.4) is 0 Å². The number of imidazole rings is 1. The van der Waals surface area contributed by atoms with Crippen LogP contribution in [-0.2, 0) is 4.74 Å². The summed E-state index contributed by atoms with van der Waals surface area (Å²) in [5, 5.41) is 9.14. The van der Waals surface area contributed by atoms with Crippen molar-refractivity contribution in [3.05, 3.63) is 23.8 Å². The van der Waals surface area contributed by atoms with Gasteiger partial charge in [0.05, 0.1) is 29.3 Å². The molecule has 2 aliphatic rings. The van der Waals surface area contributed by atoms with E-state index in [-0.39, 0.29) is 12.1 Å². The number of nitrogen functional groups attached to an aromatic ring is 1. The minimum absolute atomic E-state index is 0.246. The molecule has 3 heterocycles. The summed E-state index contributed by atoms with van der Waals surface area (Å²) in [5.74, 6) is 0.485. The molecule has 2 aromatic rings. The second-order valence-electron chi connectivity index (χ2n) is 5.30. The molecule has 0 saturated carbocycles. The van der Waals surface area contributed by atoms with Crippen molar-refractivity contribution in [3.8, 4) is 6.07 Å². The molecule has 1 aromatic carbocycles. The molecule has 1 aromatic heterocycles. The Morgan fingerprint density at radius 1 is 1.42 bits per heavy atom. The van der Waals surface area contributed by atoms with E-state index in [4.69, 9.17) is 15.7 Å². The van der Waals surface area contributed by atoms with Crippen molar-refractivity contribution in [1.82, 2.24) is 9.55 Å². The first-order chi connectivity index (χ1) is 9.28. The predicted octanol–water partition coefficient (Wildman–Crippen LogP) is 1.98. The number of nitrogens with two attached hydrogens (primary N) is 1. The van der Waals surface area contributed by atoms with Gasteiger partial charge in [-0.15, -0.1) is 0 Å². The summed E-state index contributed by atoms with van der Waals surface area (Å²) in [6.45, 7) is 0. The average Bonchev–Trinajstić information content (AvgIpc) is 3.09. The van der Waals surface area contributed by atoms with Gasteiger partial charge in [-0.2, -0.15) is 5.26 Å². The third-order valence-corrected chi connectivity index (χ3v) is 4.27. The molecule has 5 nitrogen and oxygen atoms in total. The molecule has 5 heteroatoms. The van der Waals surface area contributed by atoms with Crippen molar-refractivity contribution < 1.29 is 4.74 Å². The van der Waals surface area contributed by atoms with E-state index < -0.39 is 0 Å². The van der Waals surface area contributed by atoms with Crippen molar-refractivity contribution >= 4 is 17.0 Å². The molecular weight excluding hydrogens is 240 g/mol. The highest BCUT2D eigenvalue weighted by Gasteiger charge is 2.42. The first-order valence-corrected chi connectivity index (χ1v) is 6.60.